The predicted octanol–water partition coefficient (Wildman–Crippen LogP) is 1.72. The van der Waals surface area contributed by atoms with E-state index in [1.807, 2.05) is 0 Å². The quantitative estimate of drug-likeness (QED) is 0.600. The number of halogens is 1. The number of hydrogen-bond donors (Lipinski definition) is 1. The van der Waals surface area contributed by atoms with E-state index in [9.17, 15) is 0 Å². The third-order valence-electron chi connectivity index (χ3n) is 1.15. The van der Waals surface area contributed by atoms with E-state index in [0.717, 1.165) is 26.4 Å². The van der Waals surface area contributed by atoms with Crippen LogP contribution < -0.4 is 0 Å². The summed E-state index contributed by atoms with van der Waals surface area (Å²) in [6.07, 6.45) is 2.56. The third-order valence-corrected chi connectivity index (χ3v) is 1.15. The minimum atomic E-state index is -1.36. The van der Waals surface area contributed by atoms with Gasteiger partial charge in [0.25, 0.3) is 0 Å². The Balaban J connectivity index is 0.000000151. The summed E-state index contributed by atoms with van der Waals surface area (Å²) < 4.78 is 9.44. The molecule has 0 atom stereocenters. The summed E-state index contributed by atoms with van der Waals surface area (Å²) >= 11 is 4.19. The largest absolute Gasteiger partial charge is 0.469 e. The van der Waals surface area contributed by atoms with Crippen molar-refractivity contribution in [3.63, 3.8) is 0 Å². The van der Waals surface area contributed by atoms with Crippen molar-refractivity contribution < 1.29 is 19.4 Å². The monoisotopic (exact) mass is 196 g/mol. The molecule has 2 aliphatic rings. The van der Waals surface area contributed by atoms with Crippen LogP contribution in [0, 0.1) is 0 Å². The van der Waals surface area contributed by atoms with Crippen molar-refractivity contribution in [1.29, 1.82) is 0 Å². The molecule has 0 aromatic carbocycles. The van der Waals surface area contributed by atoms with Crippen LogP contribution in [0.1, 0.15) is 12.8 Å². The highest BCUT2D eigenvalue weighted by molar-refractivity contribution is 6.60. The van der Waals surface area contributed by atoms with Crippen molar-refractivity contribution >= 4 is 17.0 Å². The van der Waals surface area contributed by atoms with Gasteiger partial charge in [-0.3, -0.25) is 0 Å². The second-order valence-electron chi connectivity index (χ2n) is 2.18. The molecule has 12 heavy (non-hydrogen) atoms. The summed E-state index contributed by atoms with van der Waals surface area (Å²) in [5, 5.41) is 7.18. The fourth-order valence-corrected chi connectivity index (χ4v) is 0.289. The summed E-state index contributed by atoms with van der Waals surface area (Å²) in [4.78, 5) is 8.77. The van der Waals surface area contributed by atoms with Crippen LogP contribution in [0.2, 0.25) is 0 Å². The Hall–Kier alpha value is -0.320. The van der Waals surface area contributed by atoms with Gasteiger partial charge in [-0.1, -0.05) is 0 Å². The van der Waals surface area contributed by atoms with Crippen LogP contribution in [-0.2, 0) is 9.47 Å². The lowest BCUT2D eigenvalue weighted by molar-refractivity contribution is 0.0366. The highest BCUT2D eigenvalue weighted by Gasteiger charge is 1.94. The minimum absolute atomic E-state index is 1.00. The normalized spacial score (nSPS) is 18.1. The van der Waals surface area contributed by atoms with Crippen LogP contribution in [0.25, 0.3) is 0 Å². The van der Waals surface area contributed by atoms with Crippen molar-refractivity contribution in [2.45, 2.75) is 12.8 Å². The third kappa shape index (κ3) is 12.4. The van der Waals surface area contributed by atoms with Gasteiger partial charge in [-0.05, 0) is 12.8 Å². The van der Waals surface area contributed by atoms with Crippen molar-refractivity contribution in [2.24, 2.45) is 0 Å². The predicted molar refractivity (Wildman–Crippen MR) is 44.7 cm³/mol. The number of rotatable bonds is 0. The smallest absolute Gasteiger partial charge is 0.401 e. The van der Waals surface area contributed by atoms with Crippen LogP contribution in [-0.4, -0.2) is 37.0 Å². The van der Waals surface area contributed by atoms with E-state index in [1.165, 1.54) is 12.8 Å². The molecule has 0 aromatic rings. The summed E-state index contributed by atoms with van der Waals surface area (Å²) in [5.74, 6) is 0. The van der Waals surface area contributed by atoms with Gasteiger partial charge in [0, 0.05) is 38.0 Å². The van der Waals surface area contributed by atoms with Crippen LogP contribution in [0.3, 0.4) is 0 Å². The van der Waals surface area contributed by atoms with Crippen molar-refractivity contribution in [3.8, 4) is 0 Å². The molecule has 0 amide bonds. The van der Waals surface area contributed by atoms with Gasteiger partial charge in [0.05, 0.1) is 0 Å². The van der Waals surface area contributed by atoms with Gasteiger partial charge < -0.3 is 14.6 Å². The maximum atomic E-state index is 8.77. The van der Waals surface area contributed by atoms with E-state index in [4.69, 9.17) is 19.4 Å². The lowest BCUT2D eigenvalue weighted by atomic mass is 10.4. The summed E-state index contributed by atoms with van der Waals surface area (Å²) in [6.45, 7) is 4.00. The van der Waals surface area contributed by atoms with Crippen LogP contribution in [0.15, 0.2) is 0 Å². The fourth-order valence-electron chi connectivity index (χ4n) is 0.289. The van der Waals surface area contributed by atoms with Gasteiger partial charge in [0.15, 0.2) is 0 Å². The average Bonchev–Trinajstić information content (AvgIpc) is 1.45. The Morgan fingerprint density at radius 3 is 1.17 bits per heavy atom. The Kier molecular flexibility index (Phi) is 8.54. The van der Waals surface area contributed by atoms with Crippen molar-refractivity contribution in [3.05, 3.63) is 0 Å². The molecule has 72 valence electrons. The van der Waals surface area contributed by atoms with Crippen LogP contribution in [0.5, 0.6) is 0 Å². The zero-order valence-electron chi connectivity index (χ0n) is 6.79. The number of carboxylic acid groups (broad SMARTS) is 1. The van der Waals surface area contributed by atoms with E-state index >= 15 is 0 Å². The highest BCUT2D eigenvalue weighted by Crippen LogP contribution is 1.93. The first-order valence-corrected chi connectivity index (χ1v) is 4.15. The Bertz CT molecular complexity index is 90.0. The Labute approximate surface area is 76.4 Å². The van der Waals surface area contributed by atoms with Crippen LogP contribution in [0.4, 0.5) is 4.79 Å². The zero-order chi connectivity index (χ0) is 9.23. The molecule has 0 aromatic heterocycles. The highest BCUT2D eigenvalue weighted by atomic mass is 35.5. The fraction of sp³-hybridized carbons (Fsp3) is 0.857. The molecule has 0 radical (unpaired) electrons. The molecule has 2 aliphatic heterocycles. The lowest BCUT2D eigenvalue weighted by Gasteiger charge is -2.09. The molecule has 1 N–H and O–H groups in total. The Morgan fingerprint density at radius 2 is 1.17 bits per heavy atom. The molecule has 4 nitrogen and oxygen atoms in total. The van der Waals surface area contributed by atoms with Gasteiger partial charge in [0.1, 0.15) is 0 Å². The Morgan fingerprint density at radius 1 is 1.08 bits per heavy atom. The number of carbonyl (C=O) groups is 1. The molecule has 2 saturated heterocycles. The molecule has 5 heteroatoms. The van der Waals surface area contributed by atoms with E-state index in [2.05, 4.69) is 11.6 Å². The second kappa shape index (κ2) is 8.77. The van der Waals surface area contributed by atoms with Gasteiger partial charge in [0.2, 0.25) is 0 Å². The molecular formula is C7H13ClO4. The first-order valence-electron chi connectivity index (χ1n) is 3.77. The first kappa shape index (κ1) is 11.7. The topological polar surface area (TPSA) is 55.8 Å². The molecule has 2 rings (SSSR count). The minimum Gasteiger partial charge on any atom is -0.469 e. The first-order chi connectivity index (χ1) is 5.73. The maximum absolute atomic E-state index is 8.77. The van der Waals surface area contributed by atoms with E-state index in [0.29, 0.717) is 0 Å². The van der Waals surface area contributed by atoms with Crippen molar-refractivity contribution in [2.75, 3.05) is 26.4 Å². The molecular weight excluding hydrogens is 184 g/mol. The van der Waals surface area contributed by atoms with E-state index in [1.54, 1.807) is 0 Å². The lowest BCUT2D eigenvalue weighted by Crippen LogP contribution is -2.09. The summed E-state index contributed by atoms with van der Waals surface area (Å²) in [5.41, 5.74) is -1.36. The van der Waals surface area contributed by atoms with E-state index < -0.39 is 5.43 Å². The van der Waals surface area contributed by atoms with Gasteiger partial charge in [-0.2, -0.15) is 0 Å². The molecule has 0 spiro atoms. The SMILES string of the molecule is C1COC1.C1COC1.O=C(O)Cl. The summed E-state index contributed by atoms with van der Waals surface area (Å²) in [7, 11) is 0. The zero-order valence-corrected chi connectivity index (χ0v) is 7.55. The number of hydrogen-bond acceptors (Lipinski definition) is 3. The number of ether oxygens (including phenoxy) is 2. The van der Waals surface area contributed by atoms with Crippen LogP contribution >= 0.6 is 11.6 Å². The second-order valence-corrected chi connectivity index (χ2v) is 2.51. The summed E-state index contributed by atoms with van der Waals surface area (Å²) in [6, 6.07) is 0. The molecule has 0 bridgehead atoms. The van der Waals surface area contributed by atoms with Crippen molar-refractivity contribution in [1.82, 2.24) is 0 Å². The molecule has 2 fully saturated rings. The molecule has 0 unspecified atom stereocenters. The maximum Gasteiger partial charge on any atom is 0.401 e. The van der Waals surface area contributed by atoms with Gasteiger partial charge in [-0.15, -0.1) is 0 Å². The standard InChI is InChI=1S/2C3H6O.CHClO2/c2*1-2-4-3-1;2-1(3)4/h2*1-3H2;(H,3,4). The van der Waals surface area contributed by atoms with E-state index in [-0.39, 0.29) is 0 Å². The molecule has 0 saturated carbocycles. The van der Waals surface area contributed by atoms with Gasteiger partial charge >= 0.3 is 5.43 Å². The average molecular weight is 197 g/mol. The molecule has 2 heterocycles. The molecule has 0 aliphatic carbocycles. The van der Waals surface area contributed by atoms with Gasteiger partial charge in [-0.25, -0.2) is 4.79 Å².